The SMILES string of the molecule is CCC(C)(CCO)NS(=O)(=O)c1cc(C(=O)O)oc1C. The van der Waals surface area contributed by atoms with Crippen molar-refractivity contribution in [1.29, 1.82) is 0 Å². The van der Waals surface area contributed by atoms with E-state index in [2.05, 4.69) is 4.72 Å². The van der Waals surface area contributed by atoms with Crippen molar-refractivity contribution in [1.82, 2.24) is 4.72 Å². The molecule has 1 atom stereocenters. The fraction of sp³-hybridized carbons (Fsp3) is 0.583. The average molecular weight is 305 g/mol. The molecule has 1 unspecified atom stereocenters. The smallest absolute Gasteiger partial charge is 0.371 e. The van der Waals surface area contributed by atoms with Gasteiger partial charge in [0.05, 0.1) is 0 Å². The van der Waals surface area contributed by atoms with E-state index in [9.17, 15) is 13.2 Å². The normalized spacial score (nSPS) is 15.0. The number of nitrogens with one attached hydrogen (secondary N) is 1. The van der Waals surface area contributed by atoms with Gasteiger partial charge in [-0.25, -0.2) is 17.9 Å². The number of aryl methyl sites for hydroxylation is 1. The van der Waals surface area contributed by atoms with Crippen molar-refractivity contribution in [2.75, 3.05) is 6.61 Å². The van der Waals surface area contributed by atoms with Crippen molar-refractivity contribution < 1.29 is 27.8 Å². The molecule has 1 aromatic heterocycles. The van der Waals surface area contributed by atoms with Gasteiger partial charge in [-0.05, 0) is 26.7 Å². The summed E-state index contributed by atoms with van der Waals surface area (Å²) in [6.45, 7) is 4.70. The third-order valence-electron chi connectivity index (χ3n) is 3.20. The van der Waals surface area contributed by atoms with Crippen LogP contribution in [0.1, 0.15) is 43.0 Å². The van der Waals surface area contributed by atoms with Crippen LogP contribution in [-0.4, -0.2) is 36.7 Å². The van der Waals surface area contributed by atoms with E-state index in [1.54, 1.807) is 13.8 Å². The molecule has 0 saturated heterocycles. The van der Waals surface area contributed by atoms with Gasteiger partial charge in [-0.15, -0.1) is 0 Å². The lowest BCUT2D eigenvalue weighted by molar-refractivity contribution is 0.0661. The van der Waals surface area contributed by atoms with Crippen molar-refractivity contribution in [3.8, 4) is 0 Å². The minimum atomic E-state index is -3.91. The van der Waals surface area contributed by atoms with Gasteiger partial charge in [0, 0.05) is 18.2 Å². The summed E-state index contributed by atoms with van der Waals surface area (Å²) in [7, 11) is -3.91. The van der Waals surface area contributed by atoms with E-state index in [1.165, 1.54) is 6.92 Å². The van der Waals surface area contributed by atoms with Crippen LogP contribution >= 0.6 is 0 Å². The Kier molecular flexibility index (Phi) is 4.95. The minimum Gasteiger partial charge on any atom is -0.475 e. The molecular weight excluding hydrogens is 286 g/mol. The van der Waals surface area contributed by atoms with Crippen LogP contribution in [0.4, 0.5) is 0 Å². The van der Waals surface area contributed by atoms with Crippen LogP contribution in [0.25, 0.3) is 0 Å². The first-order valence-corrected chi connectivity index (χ1v) is 7.62. The maximum Gasteiger partial charge on any atom is 0.371 e. The van der Waals surface area contributed by atoms with E-state index in [1.807, 2.05) is 0 Å². The number of aromatic carboxylic acids is 1. The number of carboxylic acid groups (broad SMARTS) is 1. The quantitative estimate of drug-likeness (QED) is 0.695. The monoisotopic (exact) mass is 305 g/mol. The van der Waals surface area contributed by atoms with Crippen LogP contribution in [0.15, 0.2) is 15.4 Å². The summed E-state index contributed by atoms with van der Waals surface area (Å²) in [5, 5.41) is 17.8. The maximum absolute atomic E-state index is 12.3. The molecule has 3 N–H and O–H groups in total. The van der Waals surface area contributed by atoms with Gasteiger partial charge in [-0.3, -0.25) is 0 Å². The Morgan fingerprint density at radius 3 is 2.50 bits per heavy atom. The van der Waals surface area contributed by atoms with Gasteiger partial charge >= 0.3 is 5.97 Å². The molecule has 0 aliphatic carbocycles. The summed E-state index contributed by atoms with van der Waals surface area (Å²) in [4.78, 5) is 10.6. The van der Waals surface area contributed by atoms with E-state index in [4.69, 9.17) is 14.6 Å². The molecule has 0 radical (unpaired) electrons. The molecule has 114 valence electrons. The Balaban J connectivity index is 3.14. The largest absolute Gasteiger partial charge is 0.475 e. The summed E-state index contributed by atoms with van der Waals surface area (Å²) < 4.78 is 32.0. The van der Waals surface area contributed by atoms with Gasteiger partial charge in [0.25, 0.3) is 0 Å². The Labute approximate surface area is 117 Å². The first kappa shape index (κ1) is 16.7. The predicted octanol–water partition coefficient (Wildman–Crippen LogP) is 1.12. The standard InChI is InChI=1S/C12H19NO6S/c1-4-12(3,5-6-14)13-20(17,18)10-7-9(11(15)16)19-8(10)2/h7,13-14H,4-6H2,1-3H3,(H,15,16). The molecule has 1 heterocycles. The second-order valence-electron chi connectivity index (χ2n) is 4.83. The Morgan fingerprint density at radius 1 is 1.50 bits per heavy atom. The van der Waals surface area contributed by atoms with E-state index in [0.29, 0.717) is 6.42 Å². The summed E-state index contributed by atoms with van der Waals surface area (Å²) in [5.74, 6) is -1.75. The van der Waals surface area contributed by atoms with Gasteiger partial charge in [-0.1, -0.05) is 6.92 Å². The third kappa shape index (κ3) is 3.59. The molecular formula is C12H19NO6S. The molecule has 0 aliphatic rings. The third-order valence-corrected chi connectivity index (χ3v) is 4.94. The number of rotatable bonds is 7. The fourth-order valence-electron chi connectivity index (χ4n) is 1.76. The first-order chi connectivity index (χ1) is 9.15. The van der Waals surface area contributed by atoms with Crippen LogP contribution in [0.2, 0.25) is 0 Å². The van der Waals surface area contributed by atoms with Crippen LogP contribution in [0.3, 0.4) is 0 Å². The highest BCUT2D eigenvalue weighted by atomic mass is 32.2. The summed E-state index contributed by atoms with van der Waals surface area (Å²) in [5.41, 5.74) is -0.805. The number of hydrogen-bond donors (Lipinski definition) is 3. The number of carbonyl (C=O) groups is 1. The van der Waals surface area contributed by atoms with Gasteiger partial charge in [0.1, 0.15) is 10.7 Å². The van der Waals surface area contributed by atoms with Gasteiger partial charge in [0.15, 0.2) is 0 Å². The number of hydrogen-bond acceptors (Lipinski definition) is 5. The molecule has 20 heavy (non-hydrogen) atoms. The predicted molar refractivity (Wildman–Crippen MR) is 71.1 cm³/mol. The second-order valence-corrected chi connectivity index (χ2v) is 6.48. The van der Waals surface area contributed by atoms with E-state index in [-0.39, 0.29) is 23.7 Å². The molecule has 1 rings (SSSR count). The summed E-state index contributed by atoms with van der Waals surface area (Å²) in [6.07, 6.45) is 0.737. The Hall–Kier alpha value is -1.38. The van der Waals surface area contributed by atoms with E-state index < -0.39 is 27.3 Å². The maximum atomic E-state index is 12.3. The van der Waals surface area contributed by atoms with E-state index >= 15 is 0 Å². The molecule has 0 aromatic carbocycles. The molecule has 0 aliphatic heterocycles. The zero-order chi connectivity index (χ0) is 15.6. The molecule has 0 spiro atoms. The van der Waals surface area contributed by atoms with Crippen LogP contribution in [-0.2, 0) is 10.0 Å². The zero-order valence-corrected chi connectivity index (χ0v) is 12.5. The second kappa shape index (κ2) is 5.94. The highest BCUT2D eigenvalue weighted by Gasteiger charge is 2.31. The zero-order valence-electron chi connectivity index (χ0n) is 11.6. The summed E-state index contributed by atoms with van der Waals surface area (Å²) in [6, 6.07) is 0.981. The highest BCUT2D eigenvalue weighted by Crippen LogP contribution is 2.23. The number of aliphatic hydroxyl groups is 1. The molecule has 0 bridgehead atoms. The lowest BCUT2D eigenvalue weighted by atomic mass is 9.97. The average Bonchev–Trinajstić information content (AvgIpc) is 2.72. The van der Waals surface area contributed by atoms with Crippen molar-refractivity contribution in [2.24, 2.45) is 0 Å². The fourth-order valence-corrected chi connectivity index (χ4v) is 3.45. The first-order valence-electron chi connectivity index (χ1n) is 6.14. The Bertz CT molecular complexity index is 591. The molecule has 0 saturated carbocycles. The molecule has 0 fully saturated rings. The molecule has 0 amide bonds. The lowest BCUT2D eigenvalue weighted by Crippen LogP contribution is -2.46. The van der Waals surface area contributed by atoms with Gasteiger partial charge < -0.3 is 14.6 Å². The van der Waals surface area contributed by atoms with Gasteiger partial charge in [-0.2, -0.15) is 0 Å². The lowest BCUT2D eigenvalue weighted by Gasteiger charge is -2.28. The van der Waals surface area contributed by atoms with Crippen LogP contribution < -0.4 is 4.72 Å². The Morgan fingerprint density at radius 2 is 2.10 bits per heavy atom. The molecule has 1 aromatic rings. The van der Waals surface area contributed by atoms with Crippen molar-refractivity contribution in [2.45, 2.75) is 44.0 Å². The number of furan rings is 1. The topological polar surface area (TPSA) is 117 Å². The van der Waals surface area contributed by atoms with Crippen molar-refractivity contribution >= 4 is 16.0 Å². The summed E-state index contributed by atoms with van der Waals surface area (Å²) >= 11 is 0. The molecule has 8 heteroatoms. The highest BCUT2D eigenvalue weighted by molar-refractivity contribution is 7.89. The number of aliphatic hydroxyl groups excluding tert-OH is 1. The van der Waals surface area contributed by atoms with E-state index in [0.717, 1.165) is 6.07 Å². The van der Waals surface area contributed by atoms with Crippen LogP contribution in [0.5, 0.6) is 0 Å². The number of carboxylic acids is 1. The minimum absolute atomic E-state index is 0.0114. The van der Waals surface area contributed by atoms with Crippen molar-refractivity contribution in [3.63, 3.8) is 0 Å². The van der Waals surface area contributed by atoms with Gasteiger partial charge in [0.2, 0.25) is 15.8 Å². The number of sulfonamides is 1. The van der Waals surface area contributed by atoms with Crippen LogP contribution in [0, 0.1) is 6.92 Å². The van der Waals surface area contributed by atoms with Crippen molar-refractivity contribution in [3.05, 3.63) is 17.6 Å². The molecule has 7 nitrogen and oxygen atoms in total.